The largest absolute Gasteiger partial charge is 0.395 e. The quantitative estimate of drug-likeness (QED) is 0.610. The first-order valence-electron chi connectivity index (χ1n) is 4.11. The molecule has 0 unspecified atom stereocenters. The van der Waals surface area contributed by atoms with Gasteiger partial charge in [0, 0.05) is 24.8 Å². The number of aliphatic hydroxyl groups excluding tert-OH is 2. The molecule has 0 amide bonds. The Hall–Kier alpha value is 0.190. The first kappa shape index (κ1) is 10.3. The number of hydrogen-bond donors (Lipinski definition) is 2. The molecule has 72 valence electrons. The Bertz CT molecular complexity index is 110. The van der Waals surface area contributed by atoms with Gasteiger partial charge < -0.3 is 10.2 Å². The molecule has 5 heteroatoms. The Morgan fingerprint density at radius 1 is 1.00 bits per heavy atom. The number of hydrogen-bond acceptors (Lipinski definition) is 5. The fraction of sp³-hybridized carbons (Fsp3) is 1.00. The predicted molar refractivity (Wildman–Crippen MR) is 49.8 cm³/mol. The van der Waals surface area contributed by atoms with Crippen LogP contribution in [0.1, 0.15) is 0 Å². The molecule has 1 aliphatic heterocycles. The molecule has 2 N–H and O–H groups in total. The highest BCUT2D eigenvalue weighted by Gasteiger charge is 2.15. The fourth-order valence-electron chi connectivity index (χ4n) is 1.22. The third-order valence-electron chi connectivity index (χ3n) is 1.78. The van der Waals surface area contributed by atoms with Crippen molar-refractivity contribution in [2.75, 3.05) is 44.7 Å². The molecular formula is C7H16N2O2S. The van der Waals surface area contributed by atoms with E-state index in [0.717, 1.165) is 31.5 Å². The molecule has 0 saturated carbocycles. The van der Waals surface area contributed by atoms with E-state index in [2.05, 4.69) is 9.80 Å². The minimum Gasteiger partial charge on any atom is -0.395 e. The summed E-state index contributed by atoms with van der Waals surface area (Å²) in [6, 6.07) is 0. The summed E-state index contributed by atoms with van der Waals surface area (Å²) in [4.78, 5) is 4.34. The second kappa shape index (κ2) is 5.77. The van der Waals surface area contributed by atoms with Crippen LogP contribution in [0.4, 0.5) is 0 Å². The summed E-state index contributed by atoms with van der Waals surface area (Å²) >= 11 is 1.82. The summed E-state index contributed by atoms with van der Waals surface area (Å²) in [5.41, 5.74) is 0. The van der Waals surface area contributed by atoms with Gasteiger partial charge in [-0.2, -0.15) is 0 Å². The normalized spacial score (nSPS) is 21.5. The zero-order chi connectivity index (χ0) is 8.81. The molecule has 4 nitrogen and oxygen atoms in total. The molecule has 1 rings (SSSR count). The molecule has 1 saturated heterocycles. The zero-order valence-corrected chi connectivity index (χ0v) is 7.96. The van der Waals surface area contributed by atoms with Crippen molar-refractivity contribution in [1.29, 1.82) is 0 Å². The van der Waals surface area contributed by atoms with Crippen LogP contribution in [0.2, 0.25) is 0 Å². The molecule has 0 atom stereocenters. The van der Waals surface area contributed by atoms with Crippen LogP contribution in [0, 0.1) is 0 Å². The zero-order valence-electron chi connectivity index (χ0n) is 7.15. The van der Waals surface area contributed by atoms with Crippen LogP contribution in [0.5, 0.6) is 0 Å². The molecule has 0 spiro atoms. The SMILES string of the molecule is OCCN1CSCN(CCO)C1. The molecule has 0 radical (unpaired) electrons. The fourth-order valence-corrected chi connectivity index (χ4v) is 2.24. The van der Waals surface area contributed by atoms with Crippen molar-refractivity contribution in [3.05, 3.63) is 0 Å². The number of thioether (sulfide) groups is 1. The van der Waals surface area contributed by atoms with Crippen molar-refractivity contribution in [2.24, 2.45) is 0 Å². The maximum Gasteiger partial charge on any atom is 0.0559 e. The second-order valence-electron chi connectivity index (χ2n) is 2.84. The summed E-state index contributed by atoms with van der Waals surface area (Å²) < 4.78 is 0. The van der Waals surface area contributed by atoms with Crippen LogP contribution in [-0.2, 0) is 0 Å². The van der Waals surface area contributed by atoms with Gasteiger partial charge in [0.05, 0.1) is 19.9 Å². The lowest BCUT2D eigenvalue weighted by atomic mass is 10.5. The number of β-amino-alcohol motifs (C(OH)–C–C–N with tert-alkyl or cyclic N) is 2. The molecule has 0 aromatic rings. The molecule has 0 aromatic carbocycles. The topological polar surface area (TPSA) is 46.9 Å². The van der Waals surface area contributed by atoms with E-state index in [1.54, 1.807) is 0 Å². The van der Waals surface area contributed by atoms with Crippen LogP contribution >= 0.6 is 11.8 Å². The van der Waals surface area contributed by atoms with Gasteiger partial charge in [-0.25, -0.2) is 0 Å². The Kier molecular flexibility index (Phi) is 4.94. The van der Waals surface area contributed by atoms with Crippen LogP contribution in [0.25, 0.3) is 0 Å². The summed E-state index contributed by atoms with van der Waals surface area (Å²) in [5.74, 6) is 1.98. The van der Waals surface area contributed by atoms with E-state index in [0.29, 0.717) is 0 Å². The average molecular weight is 192 g/mol. The summed E-state index contributed by atoms with van der Waals surface area (Å²) in [6.45, 7) is 2.76. The Balaban J connectivity index is 2.20. The highest BCUT2D eigenvalue weighted by Crippen LogP contribution is 2.13. The summed E-state index contributed by atoms with van der Waals surface area (Å²) in [5, 5.41) is 17.4. The lowest BCUT2D eigenvalue weighted by molar-refractivity contribution is 0.114. The van der Waals surface area contributed by atoms with Gasteiger partial charge in [-0.1, -0.05) is 0 Å². The maximum atomic E-state index is 8.72. The first-order chi connectivity index (χ1) is 5.86. The molecule has 0 bridgehead atoms. The third-order valence-corrected chi connectivity index (χ3v) is 2.88. The van der Waals surface area contributed by atoms with E-state index in [4.69, 9.17) is 10.2 Å². The highest BCUT2D eigenvalue weighted by atomic mass is 32.2. The van der Waals surface area contributed by atoms with Gasteiger partial charge in [-0.3, -0.25) is 9.80 Å². The van der Waals surface area contributed by atoms with Gasteiger partial charge in [0.2, 0.25) is 0 Å². The van der Waals surface area contributed by atoms with Crippen molar-refractivity contribution in [3.63, 3.8) is 0 Å². The molecule has 0 aromatic heterocycles. The van der Waals surface area contributed by atoms with E-state index in [1.807, 2.05) is 11.8 Å². The van der Waals surface area contributed by atoms with Crippen molar-refractivity contribution in [3.8, 4) is 0 Å². The van der Waals surface area contributed by atoms with Gasteiger partial charge in [-0.05, 0) is 0 Å². The van der Waals surface area contributed by atoms with E-state index >= 15 is 0 Å². The molecule has 12 heavy (non-hydrogen) atoms. The van der Waals surface area contributed by atoms with Gasteiger partial charge in [-0.15, -0.1) is 11.8 Å². The van der Waals surface area contributed by atoms with Crippen molar-refractivity contribution in [2.45, 2.75) is 0 Å². The van der Waals surface area contributed by atoms with Crippen LogP contribution in [0.15, 0.2) is 0 Å². The van der Waals surface area contributed by atoms with Gasteiger partial charge in [0.25, 0.3) is 0 Å². The lowest BCUT2D eigenvalue weighted by Gasteiger charge is -2.34. The van der Waals surface area contributed by atoms with Crippen LogP contribution < -0.4 is 0 Å². The van der Waals surface area contributed by atoms with Gasteiger partial charge in [0.15, 0.2) is 0 Å². The number of aliphatic hydroxyl groups is 2. The first-order valence-corrected chi connectivity index (χ1v) is 5.26. The minimum atomic E-state index is 0.216. The average Bonchev–Trinajstić information content (AvgIpc) is 2.06. The van der Waals surface area contributed by atoms with E-state index < -0.39 is 0 Å². The van der Waals surface area contributed by atoms with E-state index in [9.17, 15) is 0 Å². The molecule has 0 aliphatic carbocycles. The molecule has 1 aliphatic rings. The molecule has 1 fully saturated rings. The highest BCUT2D eigenvalue weighted by molar-refractivity contribution is 7.99. The summed E-state index contributed by atoms with van der Waals surface area (Å²) in [7, 11) is 0. The summed E-state index contributed by atoms with van der Waals surface area (Å²) in [6.07, 6.45) is 0. The third kappa shape index (κ3) is 3.28. The number of nitrogens with zero attached hydrogens (tertiary/aromatic N) is 2. The van der Waals surface area contributed by atoms with Gasteiger partial charge in [0.1, 0.15) is 0 Å². The van der Waals surface area contributed by atoms with E-state index in [1.165, 1.54) is 0 Å². The minimum absolute atomic E-state index is 0.216. The van der Waals surface area contributed by atoms with Crippen molar-refractivity contribution < 1.29 is 10.2 Å². The van der Waals surface area contributed by atoms with Gasteiger partial charge >= 0.3 is 0 Å². The predicted octanol–water partition coefficient (Wildman–Crippen LogP) is -0.806. The molecular weight excluding hydrogens is 176 g/mol. The van der Waals surface area contributed by atoms with Crippen molar-refractivity contribution in [1.82, 2.24) is 9.80 Å². The standard InChI is InChI=1S/C7H16N2O2S/c10-3-1-8-5-9(2-4-11)7-12-6-8/h10-11H,1-7H2. The second-order valence-corrected chi connectivity index (χ2v) is 3.76. The van der Waals surface area contributed by atoms with Crippen LogP contribution in [0.3, 0.4) is 0 Å². The smallest absolute Gasteiger partial charge is 0.0559 e. The molecule has 1 heterocycles. The Morgan fingerprint density at radius 2 is 1.50 bits per heavy atom. The maximum absolute atomic E-state index is 8.72. The number of rotatable bonds is 4. The Labute approximate surface area is 77.2 Å². The Morgan fingerprint density at radius 3 is 1.92 bits per heavy atom. The van der Waals surface area contributed by atoms with E-state index in [-0.39, 0.29) is 13.2 Å². The van der Waals surface area contributed by atoms with Crippen molar-refractivity contribution >= 4 is 11.8 Å². The lowest BCUT2D eigenvalue weighted by Crippen LogP contribution is -2.44. The monoisotopic (exact) mass is 192 g/mol. The van der Waals surface area contributed by atoms with Crippen LogP contribution in [-0.4, -0.2) is 64.7 Å².